The van der Waals surface area contributed by atoms with Crippen molar-refractivity contribution in [2.24, 2.45) is 0 Å². The van der Waals surface area contributed by atoms with E-state index < -0.39 is 52.4 Å². The summed E-state index contributed by atoms with van der Waals surface area (Å²) in [4.78, 5) is 23.2. The molecule has 0 atom stereocenters. The van der Waals surface area contributed by atoms with Crippen molar-refractivity contribution < 1.29 is 40.3 Å². The summed E-state index contributed by atoms with van der Waals surface area (Å²) in [7, 11) is 0. The first-order valence-electron chi connectivity index (χ1n) is 7.65. The first-order valence-corrected chi connectivity index (χ1v) is 8.63. The molecule has 156 valence electrons. The minimum Gasteiger partial charge on any atom is -0.326 e. The van der Waals surface area contributed by atoms with Crippen LogP contribution in [0.5, 0.6) is 0 Å². The van der Waals surface area contributed by atoms with Crippen molar-refractivity contribution in [3.63, 3.8) is 0 Å². The monoisotopic (exact) mass is 440 g/mol. The summed E-state index contributed by atoms with van der Waals surface area (Å²) in [5.41, 5.74) is -3.90. The SMILES string of the molecule is CC(=O)Nc1ccc(SCC(=O)Nc2c(F)c(F)c(C(F)(F)F)c(F)c2F)cc1. The van der Waals surface area contributed by atoms with Crippen LogP contribution in [0.2, 0.25) is 0 Å². The van der Waals surface area contributed by atoms with Crippen molar-refractivity contribution >= 4 is 35.0 Å². The summed E-state index contributed by atoms with van der Waals surface area (Å²) in [5, 5.41) is 4.04. The van der Waals surface area contributed by atoms with E-state index in [1.807, 2.05) is 0 Å². The predicted octanol–water partition coefficient (Wildman–Crippen LogP) is 4.95. The summed E-state index contributed by atoms with van der Waals surface area (Å²) in [5.74, 6) is -11.9. The van der Waals surface area contributed by atoms with Crippen molar-refractivity contribution in [3.8, 4) is 0 Å². The van der Waals surface area contributed by atoms with Crippen LogP contribution in [0, 0.1) is 23.3 Å². The van der Waals surface area contributed by atoms with Gasteiger partial charge in [-0.2, -0.15) is 13.2 Å². The van der Waals surface area contributed by atoms with Crippen LogP contribution >= 0.6 is 11.8 Å². The Bertz CT molecular complexity index is 917. The summed E-state index contributed by atoms with van der Waals surface area (Å²) in [6.07, 6.45) is -5.67. The summed E-state index contributed by atoms with van der Waals surface area (Å²) < 4.78 is 92.2. The van der Waals surface area contributed by atoms with Gasteiger partial charge in [-0.1, -0.05) is 0 Å². The number of benzene rings is 2. The Morgan fingerprint density at radius 2 is 1.41 bits per heavy atom. The zero-order chi connectivity index (χ0) is 21.9. The second kappa shape index (κ2) is 8.72. The quantitative estimate of drug-likeness (QED) is 0.393. The zero-order valence-corrected chi connectivity index (χ0v) is 15.2. The third-order valence-corrected chi connectivity index (χ3v) is 4.37. The molecule has 0 aliphatic heterocycles. The molecule has 4 nitrogen and oxygen atoms in total. The lowest BCUT2D eigenvalue weighted by Gasteiger charge is -2.14. The number of anilines is 2. The highest BCUT2D eigenvalue weighted by Gasteiger charge is 2.42. The van der Waals surface area contributed by atoms with Crippen LogP contribution in [0.3, 0.4) is 0 Å². The molecule has 2 rings (SSSR count). The number of rotatable bonds is 5. The molecular formula is C17H11F7N2O2S. The smallest absolute Gasteiger partial charge is 0.326 e. The van der Waals surface area contributed by atoms with Gasteiger partial charge in [0.05, 0.1) is 5.75 Å². The van der Waals surface area contributed by atoms with Gasteiger partial charge in [-0.3, -0.25) is 9.59 Å². The zero-order valence-electron chi connectivity index (χ0n) is 14.4. The number of hydrogen-bond donors (Lipinski definition) is 2. The Kier molecular flexibility index (Phi) is 6.77. The van der Waals surface area contributed by atoms with Gasteiger partial charge in [-0.15, -0.1) is 11.8 Å². The molecule has 2 N–H and O–H groups in total. The van der Waals surface area contributed by atoms with Crippen LogP contribution in [-0.4, -0.2) is 17.6 Å². The molecule has 0 aliphatic rings. The molecule has 0 heterocycles. The molecule has 0 saturated heterocycles. The van der Waals surface area contributed by atoms with Crippen LogP contribution in [0.4, 0.5) is 42.1 Å². The molecule has 0 radical (unpaired) electrons. The first-order chi connectivity index (χ1) is 13.4. The molecule has 2 aromatic carbocycles. The average Bonchev–Trinajstić information content (AvgIpc) is 2.61. The van der Waals surface area contributed by atoms with Crippen molar-refractivity contribution in [1.29, 1.82) is 0 Å². The number of hydrogen-bond acceptors (Lipinski definition) is 3. The Labute approximate surface area is 163 Å². The standard InChI is InChI=1S/C17H11F7N2O2S/c1-7(27)25-8-2-4-9(5-3-8)29-6-10(28)26-16-14(20)12(18)11(17(22,23)24)13(19)15(16)21/h2-5H,6H2,1H3,(H,25,27)(H,26,28). The first kappa shape index (κ1) is 22.5. The summed E-state index contributed by atoms with van der Waals surface area (Å²) in [6, 6.07) is 6.06. The lowest BCUT2D eigenvalue weighted by atomic mass is 10.1. The number of carbonyl (C=O) groups excluding carboxylic acids is 2. The van der Waals surface area contributed by atoms with E-state index in [4.69, 9.17) is 0 Å². The largest absolute Gasteiger partial charge is 0.422 e. The second-order valence-electron chi connectivity index (χ2n) is 5.55. The van der Waals surface area contributed by atoms with Crippen molar-refractivity contribution in [3.05, 3.63) is 53.1 Å². The van der Waals surface area contributed by atoms with E-state index in [1.54, 1.807) is 0 Å². The topological polar surface area (TPSA) is 58.2 Å². The van der Waals surface area contributed by atoms with Gasteiger partial charge in [0, 0.05) is 17.5 Å². The van der Waals surface area contributed by atoms with E-state index in [9.17, 15) is 40.3 Å². The molecule has 0 bridgehead atoms. The number of halogens is 7. The van der Waals surface area contributed by atoms with E-state index in [1.165, 1.54) is 36.5 Å². The fraction of sp³-hybridized carbons (Fsp3) is 0.176. The molecule has 0 fully saturated rings. The molecule has 0 aromatic heterocycles. The van der Waals surface area contributed by atoms with E-state index >= 15 is 0 Å². The number of amides is 2. The fourth-order valence-electron chi connectivity index (χ4n) is 2.15. The normalized spacial score (nSPS) is 11.3. The van der Waals surface area contributed by atoms with Gasteiger partial charge in [0.1, 0.15) is 11.3 Å². The molecule has 12 heteroatoms. The van der Waals surface area contributed by atoms with Gasteiger partial charge in [-0.05, 0) is 24.3 Å². The molecular weight excluding hydrogens is 429 g/mol. The van der Waals surface area contributed by atoms with Crippen LogP contribution < -0.4 is 10.6 Å². The maximum absolute atomic E-state index is 13.8. The van der Waals surface area contributed by atoms with Crippen LogP contribution in [-0.2, 0) is 15.8 Å². The van der Waals surface area contributed by atoms with E-state index in [2.05, 4.69) is 5.32 Å². The Morgan fingerprint density at radius 1 is 0.897 bits per heavy atom. The molecule has 0 spiro atoms. The Morgan fingerprint density at radius 3 is 1.86 bits per heavy atom. The maximum Gasteiger partial charge on any atom is 0.422 e. The Hall–Kier alpha value is -2.76. The summed E-state index contributed by atoms with van der Waals surface area (Å²) >= 11 is 0.866. The molecule has 29 heavy (non-hydrogen) atoms. The van der Waals surface area contributed by atoms with Gasteiger partial charge in [0.2, 0.25) is 11.8 Å². The van der Waals surface area contributed by atoms with Crippen molar-refractivity contribution in [1.82, 2.24) is 0 Å². The number of thioether (sulfide) groups is 1. The Balaban J connectivity index is 2.12. The third kappa shape index (κ3) is 5.40. The van der Waals surface area contributed by atoms with Crippen LogP contribution in [0.1, 0.15) is 12.5 Å². The fourth-order valence-corrected chi connectivity index (χ4v) is 2.85. The van der Waals surface area contributed by atoms with Crippen LogP contribution in [0.25, 0.3) is 0 Å². The van der Waals surface area contributed by atoms with Gasteiger partial charge in [0.25, 0.3) is 0 Å². The lowest BCUT2D eigenvalue weighted by molar-refractivity contribution is -0.143. The molecule has 0 saturated carbocycles. The molecule has 0 aliphatic carbocycles. The van der Waals surface area contributed by atoms with Crippen molar-refractivity contribution in [2.75, 3.05) is 16.4 Å². The van der Waals surface area contributed by atoms with Gasteiger partial charge >= 0.3 is 6.18 Å². The minimum absolute atomic E-state index is 0.301. The van der Waals surface area contributed by atoms with E-state index in [0.29, 0.717) is 10.6 Å². The number of carbonyl (C=O) groups is 2. The third-order valence-electron chi connectivity index (χ3n) is 3.36. The molecule has 0 unspecified atom stereocenters. The number of nitrogens with one attached hydrogen (secondary N) is 2. The highest BCUT2D eigenvalue weighted by Crippen LogP contribution is 2.38. The van der Waals surface area contributed by atoms with Gasteiger partial charge < -0.3 is 10.6 Å². The lowest BCUT2D eigenvalue weighted by Crippen LogP contribution is -2.21. The maximum atomic E-state index is 13.8. The van der Waals surface area contributed by atoms with Gasteiger partial charge in [0.15, 0.2) is 23.3 Å². The molecule has 2 amide bonds. The van der Waals surface area contributed by atoms with E-state index in [-0.39, 0.29) is 5.91 Å². The molecule has 2 aromatic rings. The second-order valence-corrected chi connectivity index (χ2v) is 6.59. The minimum atomic E-state index is -5.67. The van der Waals surface area contributed by atoms with Crippen molar-refractivity contribution in [2.45, 2.75) is 18.0 Å². The van der Waals surface area contributed by atoms with E-state index in [0.717, 1.165) is 11.8 Å². The predicted molar refractivity (Wildman–Crippen MR) is 91.4 cm³/mol. The van der Waals surface area contributed by atoms with Gasteiger partial charge in [-0.25, -0.2) is 17.6 Å². The average molecular weight is 440 g/mol. The summed E-state index contributed by atoms with van der Waals surface area (Å²) in [6.45, 7) is 1.30. The number of alkyl halides is 3. The highest BCUT2D eigenvalue weighted by molar-refractivity contribution is 8.00. The van der Waals surface area contributed by atoms with Crippen LogP contribution in [0.15, 0.2) is 29.2 Å². The highest BCUT2D eigenvalue weighted by atomic mass is 32.2.